The fraction of sp³-hybridized carbons (Fsp3) is 0.643. The molecular formula is C14H21N3O2S. The van der Waals surface area contributed by atoms with Crippen molar-refractivity contribution in [2.45, 2.75) is 31.5 Å². The lowest BCUT2D eigenvalue weighted by molar-refractivity contribution is 0.0232. The lowest BCUT2D eigenvalue weighted by Gasteiger charge is -2.46. The molecule has 1 aromatic rings. The molecule has 1 amide bonds. The number of likely N-dealkylation sites (tertiary alicyclic amines) is 2. The van der Waals surface area contributed by atoms with Gasteiger partial charge in [-0.2, -0.15) is 11.3 Å². The minimum atomic E-state index is -0.784. The highest BCUT2D eigenvalue weighted by molar-refractivity contribution is 7.07. The van der Waals surface area contributed by atoms with Gasteiger partial charge in [0.25, 0.3) is 0 Å². The van der Waals surface area contributed by atoms with Gasteiger partial charge in [-0.15, -0.1) is 0 Å². The zero-order chi connectivity index (χ0) is 13.9. The molecule has 3 heterocycles. The van der Waals surface area contributed by atoms with Crippen LogP contribution in [0.3, 0.4) is 0 Å². The van der Waals surface area contributed by atoms with E-state index in [9.17, 15) is 4.79 Å². The summed E-state index contributed by atoms with van der Waals surface area (Å²) in [4.78, 5) is 14.7. The molecule has 2 aliphatic heterocycles. The van der Waals surface area contributed by atoms with Crippen molar-refractivity contribution < 1.29 is 9.90 Å². The van der Waals surface area contributed by atoms with Crippen LogP contribution in [0.25, 0.3) is 0 Å². The van der Waals surface area contributed by atoms with Crippen molar-refractivity contribution in [1.82, 2.24) is 15.1 Å². The normalized spacial score (nSPS) is 21.9. The fourth-order valence-electron chi connectivity index (χ4n) is 2.97. The van der Waals surface area contributed by atoms with E-state index in [2.05, 4.69) is 27.0 Å². The van der Waals surface area contributed by atoms with Crippen molar-refractivity contribution in [3.8, 4) is 0 Å². The number of amides is 1. The first-order valence-corrected chi connectivity index (χ1v) is 8.13. The fourth-order valence-corrected chi connectivity index (χ4v) is 3.64. The summed E-state index contributed by atoms with van der Waals surface area (Å²) >= 11 is 1.74. The van der Waals surface area contributed by atoms with Crippen molar-refractivity contribution in [2.75, 3.05) is 26.2 Å². The number of hydrogen-bond acceptors (Lipinski definition) is 4. The summed E-state index contributed by atoms with van der Waals surface area (Å²) in [5.41, 5.74) is 1.37. The van der Waals surface area contributed by atoms with E-state index in [-0.39, 0.29) is 0 Å². The molecule has 0 atom stereocenters. The second-order valence-corrected chi connectivity index (χ2v) is 6.44. The van der Waals surface area contributed by atoms with Crippen LogP contribution in [-0.4, -0.2) is 59.3 Å². The van der Waals surface area contributed by atoms with Gasteiger partial charge < -0.3 is 15.3 Å². The summed E-state index contributed by atoms with van der Waals surface area (Å²) in [6, 6.07) is 3.22. The van der Waals surface area contributed by atoms with E-state index in [0.717, 1.165) is 32.5 Å². The lowest BCUT2D eigenvalue weighted by atomic mass is 10.00. The van der Waals surface area contributed by atoms with E-state index >= 15 is 0 Å². The molecule has 2 fully saturated rings. The number of rotatable bonds is 4. The third kappa shape index (κ3) is 3.13. The van der Waals surface area contributed by atoms with Crippen molar-refractivity contribution in [1.29, 1.82) is 0 Å². The number of nitrogens with zero attached hydrogens (tertiary/aromatic N) is 2. The SMILES string of the molecule is O=C(O)N1CC(N2CCC(NCc3ccsc3)CC2)C1. The van der Waals surface area contributed by atoms with E-state index in [1.165, 1.54) is 10.5 Å². The van der Waals surface area contributed by atoms with E-state index in [1.807, 2.05) is 0 Å². The van der Waals surface area contributed by atoms with Crippen LogP contribution in [0.5, 0.6) is 0 Å². The van der Waals surface area contributed by atoms with Crippen LogP contribution in [0.4, 0.5) is 4.79 Å². The Hall–Kier alpha value is -1.11. The predicted octanol–water partition coefficient (Wildman–Crippen LogP) is 1.66. The highest BCUT2D eigenvalue weighted by Crippen LogP contribution is 2.20. The quantitative estimate of drug-likeness (QED) is 0.887. The highest BCUT2D eigenvalue weighted by atomic mass is 32.1. The lowest BCUT2D eigenvalue weighted by Crippen LogP contribution is -2.62. The van der Waals surface area contributed by atoms with Crippen LogP contribution in [-0.2, 0) is 6.54 Å². The van der Waals surface area contributed by atoms with E-state index in [4.69, 9.17) is 5.11 Å². The molecule has 0 aromatic carbocycles. The largest absolute Gasteiger partial charge is 0.465 e. The number of thiophene rings is 1. The Labute approximate surface area is 123 Å². The molecule has 110 valence electrons. The molecule has 0 aliphatic carbocycles. The maximum Gasteiger partial charge on any atom is 0.407 e. The zero-order valence-electron chi connectivity index (χ0n) is 11.5. The summed E-state index contributed by atoms with van der Waals surface area (Å²) in [6.45, 7) is 4.49. The number of piperidine rings is 1. The van der Waals surface area contributed by atoms with Gasteiger partial charge in [-0.25, -0.2) is 4.79 Å². The Kier molecular flexibility index (Phi) is 4.24. The molecule has 6 heteroatoms. The van der Waals surface area contributed by atoms with Crippen molar-refractivity contribution >= 4 is 17.4 Å². The summed E-state index contributed by atoms with van der Waals surface area (Å²) in [6.07, 6.45) is 1.54. The van der Waals surface area contributed by atoms with Crippen molar-refractivity contribution in [3.05, 3.63) is 22.4 Å². The molecule has 1 aromatic heterocycles. The van der Waals surface area contributed by atoms with Crippen LogP contribution < -0.4 is 5.32 Å². The summed E-state index contributed by atoms with van der Waals surface area (Å²) in [5.74, 6) is 0. The Morgan fingerprint density at radius 3 is 2.75 bits per heavy atom. The molecule has 0 unspecified atom stereocenters. The van der Waals surface area contributed by atoms with Gasteiger partial charge in [0.15, 0.2) is 0 Å². The first-order chi connectivity index (χ1) is 9.72. The van der Waals surface area contributed by atoms with E-state index < -0.39 is 6.09 Å². The Bertz CT molecular complexity index is 437. The molecule has 2 N–H and O–H groups in total. The monoisotopic (exact) mass is 295 g/mol. The smallest absolute Gasteiger partial charge is 0.407 e. The summed E-state index contributed by atoms with van der Waals surface area (Å²) < 4.78 is 0. The van der Waals surface area contributed by atoms with Crippen molar-refractivity contribution in [2.24, 2.45) is 0 Å². The number of hydrogen-bond donors (Lipinski definition) is 2. The van der Waals surface area contributed by atoms with Gasteiger partial charge in [-0.05, 0) is 35.2 Å². The average molecular weight is 295 g/mol. The van der Waals surface area contributed by atoms with Gasteiger partial charge in [0.2, 0.25) is 0 Å². The van der Waals surface area contributed by atoms with Gasteiger partial charge in [-0.1, -0.05) is 0 Å². The molecule has 0 saturated carbocycles. The van der Waals surface area contributed by atoms with Crippen molar-refractivity contribution in [3.63, 3.8) is 0 Å². The topological polar surface area (TPSA) is 55.8 Å². The van der Waals surface area contributed by atoms with Crippen LogP contribution in [0.1, 0.15) is 18.4 Å². The predicted molar refractivity (Wildman–Crippen MR) is 79.1 cm³/mol. The number of carboxylic acid groups (broad SMARTS) is 1. The molecule has 0 bridgehead atoms. The van der Waals surface area contributed by atoms with E-state index in [1.54, 1.807) is 11.3 Å². The first kappa shape index (κ1) is 13.9. The Balaban J connectivity index is 1.36. The molecule has 5 nitrogen and oxygen atoms in total. The van der Waals surface area contributed by atoms with Gasteiger partial charge in [0.05, 0.1) is 0 Å². The van der Waals surface area contributed by atoms with Gasteiger partial charge >= 0.3 is 6.09 Å². The average Bonchev–Trinajstić information content (AvgIpc) is 2.89. The number of carbonyl (C=O) groups is 1. The maximum absolute atomic E-state index is 10.8. The molecule has 20 heavy (non-hydrogen) atoms. The second-order valence-electron chi connectivity index (χ2n) is 5.66. The van der Waals surface area contributed by atoms with Gasteiger partial charge in [0.1, 0.15) is 0 Å². The van der Waals surface area contributed by atoms with Gasteiger partial charge in [0, 0.05) is 44.8 Å². The molecule has 0 radical (unpaired) electrons. The molecule has 0 spiro atoms. The van der Waals surface area contributed by atoms with Crippen LogP contribution in [0, 0.1) is 0 Å². The van der Waals surface area contributed by atoms with Gasteiger partial charge in [-0.3, -0.25) is 4.90 Å². The first-order valence-electron chi connectivity index (χ1n) is 7.19. The summed E-state index contributed by atoms with van der Waals surface area (Å²) in [7, 11) is 0. The van der Waals surface area contributed by atoms with Crippen LogP contribution in [0.15, 0.2) is 16.8 Å². The zero-order valence-corrected chi connectivity index (χ0v) is 12.3. The highest BCUT2D eigenvalue weighted by Gasteiger charge is 2.36. The van der Waals surface area contributed by atoms with Crippen LogP contribution >= 0.6 is 11.3 Å². The summed E-state index contributed by atoms with van der Waals surface area (Å²) in [5, 5.41) is 16.8. The Morgan fingerprint density at radius 1 is 1.40 bits per heavy atom. The standard InChI is InChI=1S/C14H21N3O2S/c18-14(19)17-8-13(9-17)16-4-1-12(2-5-16)15-7-11-3-6-20-10-11/h3,6,10,12-13,15H,1-2,4-5,7-9H2,(H,18,19). The van der Waals surface area contributed by atoms with E-state index in [0.29, 0.717) is 25.2 Å². The molecule has 2 aliphatic rings. The molecule has 2 saturated heterocycles. The molecule has 3 rings (SSSR count). The minimum Gasteiger partial charge on any atom is -0.465 e. The third-order valence-electron chi connectivity index (χ3n) is 4.35. The Morgan fingerprint density at radius 2 is 2.15 bits per heavy atom. The second kappa shape index (κ2) is 6.11. The van der Waals surface area contributed by atoms with Crippen LogP contribution in [0.2, 0.25) is 0 Å². The third-order valence-corrected chi connectivity index (χ3v) is 5.09. The number of nitrogens with one attached hydrogen (secondary N) is 1. The maximum atomic E-state index is 10.8. The molecular weight excluding hydrogens is 274 g/mol. The minimum absolute atomic E-state index is 0.448.